The summed E-state index contributed by atoms with van der Waals surface area (Å²) in [5.41, 5.74) is 4.90. The lowest BCUT2D eigenvalue weighted by molar-refractivity contribution is -0.138. The van der Waals surface area contributed by atoms with Crippen LogP contribution in [0, 0.1) is 0 Å². The van der Waals surface area contributed by atoms with Crippen LogP contribution >= 0.6 is 11.6 Å². The van der Waals surface area contributed by atoms with Gasteiger partial charge >= 0.3 is 12.1 Å². The summed E-state index contributed by atoms with van der Waals surface area (Å²) >= 11 is 5.63. The predicted molar refractivity (Wildman–Crippen MR) is 70.0 cm³/mol. The molecule has 1 aromatic rings. The number of nitrogens with zero attached hydrogens (tertiary/aromatic N) is 1. The molecule has 0 fully saturated rings. The summed E-state index contributed by atoms with van der Waals surface area (Å²) in [4.78, 5) is 12.1. The summed E-state index contributed by atoms with van der Waals surface area (Å²) in [7, 11) is 0. The van der Waals surface area contributed by atoms with E-state index in [4.69, 9.17) is 22.4 Å². The van der Waals surface area contributed by atoms with Gasteiger partial charge in [-0.3, -0.25) is 4.79 Å². The van der Waals surface area contributed by atoms with E-state index in [-0.39, 0.29) is 19.5 Å². The van der Waals surface area contributed by atoms with Crippen LogP contribution in [0.2, 0.25) is 5.02 Å². The zero-order valence-corrected chi connectivity index (χ0v) is 11.2. The normalized spacial score (nSPS) is 11.4. The first kappa shape index (κ1) is 16.6. The van der Waals surface area contributed by atoms with E-state index in [1.165, 1.54) is 12.1 Å². The van der Waals surface area contributed by atoms with Crippen molar-refractivity contribution in [3.05, 3.63) is 28.8 Å². The second-order valence-electron chi connectivity index (χ2n) is 4.08. The molecule has 1 rings (SSSR count). The minimum absolute atomic E-state index is 0.140. The molecule has 0 radical (unpaired) electrons. The summed E-state index contributed by atoms with van der Waals surface area (Å²) in [5, 5.41) is 8.23. The Labute approximate surface area is 118 Å². The van der Waals surface area contributed by atoms with Crippen LogP contribution in [-0.2, 0) is 11.0 Å². The third kappa shape index (κ3) is 4.57. The second-order valence-corrected chi connectivity index (χ2v) is 4.49. The molecule has 0 amide bonds. The Morgan fingerprint density at radius 2 is 2.00 bits per heavy atom. The lowest BCUT2D eigenvalue weighted by Gasteiger charge is -2.24. The van der Waals surface area contributed by atoms with Gasteiger partial charge in [-0.1, -0.05) is 11.6 Å². The minimum atomic E-state index is -4.52. The molecular formula is C12H14ClF3N2O2. The third-order valence-electron chi connectivity index (χ3n) is 2.62. The zero-order chi connectivity index (χ0) is 15.3. The predicted octanol–water partition coefficient (Wildman–Crippen LogP) is 2.60. The van der Waals surface area contributed by atoms with Gasteiger partial charge in [0, 0.05) is 25.3 Å². The highest BCUT2D eigenvalue weighted by molar-refractivity contribution is 6.31. The monoisotopic (exact) mass is 310 g/mol. The van der Waals surface area contributed by atoms with Crippen LogP contribution in [0.4, 0.5) is 18.9 Å². The van der Waals surface area contributed by atoms with E-state index in [1.54, 1.807) is 4.90 Å². The van der Waals surface area contributed by atoms with Gasteiger partial charge in [0.05, 0.1) is 17.0 Å². The van der Waals surface area contributed by atoms with Gasteiger partial charge in [-0.2, -0.15) is 13.2 Å². The van der Waals surface area contributed by atoms with Crippen molar-refractivity contribution in [2.24, 2.45) is 5.73 Å². The number of benzene rings is 1. The summed E-state index contributed by atoms with van der Waals surface area (Å²) in [6.07, 6.45) is -4.66. The number of carboxylic acids is 1. The van der Waals surface area contributed by atoms with Gasteiger partial charge < -0.3 is 15.7 Å². The average Bonchev–Trinajstić information content (AvgIpc) is 2.32. The highest BCUT2D eigenvalue weighted by atomic mass is 35.5. The third-order valence-corrected chi connectivity index (χ3v) is 2.93. The van der Waals surface area contributed by atoms with E-state index in [1.807, 2.05) is 0 Å². The summed E-state index contributed by atoms with van der Waals surface area (Å²) in [6.45, 7) is 0.724. The number of rotatable bonds is 6. The molecule has 4 nitrogen and oxygen atoms in total. The molecule has 3 N–H and O–H groups in total. The van der Waals surface area contributed by atoms with Crippen molar-refractivity contribution in [2.45, 2.75) is 12.6 Å². The Bertz CT molecular complexity index is 480. The molecule has 0 saturated carbocycles. The zero-order valence-electron chi connectivity index (χ0n) is 10.5. The molecule has 0 unspecified atom stereocenters. The van der Waals surface area contributed by atoms with Crippen molar-refractivity contribution in [3.8, 4) is 0 Å². The Kier molecular flexibility index (Phi) is 5.64. The fourth-order valence-corrected chi connectivity index (χ4v) is 1.97. The summed E-state index contributed by atoms with van der Waals surface area (Å²) < 4.78 is 37.8. The first-order chi connectivity index (χ1) is 9.25. The Morgan fingerprint density at radius 1 is 1.35 bits per heavy atom. The lowest BCUT2D eigenvalue weighted by Crippen LogP contribution is -2.31. The van der Waals surface area contributed by atoms with Gasteiger partial charge in [-0.05, 0) is 18.2 Å². The fourth-order valence-electron chi connectivity index (χ4n) is 1.69. The van der Waals surface area contributed by atoms with Crippen molar-refractivity contribution in [3.63, 3.8) is 0 Å². The van der Waals surface area contributed by atoms with E-state index in [0.29, 0.717) is 12.2 Å². The first-order valence-electron chi connectivity index (χ1n) is 5.79. The van der Waals surface area contributed by atoms with Gasteiger partial charge in [0.25, 0.3) is 0 Å². The number of alkyl halides is 3. The van der Waals surface area contributed by atoms with Crippen molar-refractivity contribution in [2.75, 3.05) is 24.5 Å². The highest BCUT2D eigenvalue weighted by Gasteiger charge is 2.33. The SMILES string of the molecule is NCCN(CCC(=O)O)c1ccc(C(F)(F)F)c(Cl)c1. The van der Waals surface area contributed by atoms with Crippen molar-refractivity contribution < 1.29 is 23.1 Å². The molecular weight excluding hydrogens is 297 g/mol. The highest BCUT2D eigenvalue weighted by Crippen LogP contribution is 2.36. The van der Waals surface area contributed by atoms with Gasteiger partial charge in [0.15, 0.2) is 0 Å². The molecule has 112 valence electrons. The van der Waals surface area contributed by atoms with Crippen LogP contribution in [0.5, 0.6) is 0 Å². The Morgan fingerprint density at radius 3 is 2.45 bits per heavy atom. The molecule has 0 aromatic heterocycles. The second kappa shape index (κ2) is 6.81. The van der Waals surface area contributed by atoms with E-state index in [2.05, 4.69) is 0 Å². The molecule has 0 aliphatic carbocycles. The first-order valence-corrected chi connectivity index (χ1v) is 6.17. The number of aliphatic carboxylic acids is 1. The van der Waals surface area contributed by atoms with Crippen molar-refractivity contribution in [1.29, 1.82) is 0 Å². The molecule has 20 heavy (non-hydrogen) atoms. The van der Waals surface area contributed by atoms with E-state index < -0.39 is 22.7 Å². The summed E-state index contributed by atoms with van der Waals surface area (Å²) in [5.74, 6) is -0.995. The van der Waals surface area contributed by atoms with E-state index in [9.17, 15) is 18.0 Å². The van der Waals surface area contributed by atoms with Crippen molar-refractivity contribution in [1.82, 2.24) is 0 Å². The van der Waals surface area contributed by atoms with E-state index >= 15 is 0 Å². The van der Waals surface area contributed by atoms with Crippen LogP contribution < -0.4 is 10.6 Å². The fraction of sp³-hybridized carbons (Fsp3) is 0.417. The maximum atomic E-state index is 12.6. The smallest absolute Gasteiger partial charge is 0.417 e. The molecule has 0 saturated heterocycles. The number of carbonyl (C=O) groups is 1. The molecule has 0 atom stereocenters. The molecule has 0 heterocycles. The number of halogens is 4. The molecule has 1 aromatic carbocycles. The molecule has 0 aliphatic rings. The largest absolute Gasteiger partial charge is 0.481 e. The van der Waals surface area contributed by atoms with Gasteiger partial charge in [-0.15, -0.1) is 0 Å². The summed E-state index contributed by atoms with van der Waals surface area (Å²) in [6, 6.07) is 3.30. The van der Waals surface area contributed by atoms with Crippen LogP contribution in [0.1, 0.15) is 12.0 Å². The topological polar surface area (TPSA) is 66.6 Å². The number of hydrogen-bond donors (Lipinski definition) is 2. The van der Waals surface area contributed by atoms with Crippen LogP contribution in [0.15, 0.2) is 18.2 Å². The number of nitrogens with two attached hydrogens (primary N) is 1. The van der Waals surface area contributed by atoms with Gasteiger partial charge in [0.1, 0.15) is 0 Å². The maximum Gasteiger partial charge on any atom is 0.417 e. The van der Waals surface area contributed by atoms with Crippen LogP contribution in [-0.4, -0.2) is 30.7 Å². The van der Waals surface area contributed by atoms with Crippen LogP contribution in [0.3, 0.4) is 0 Å². The standard InChI is InChI=1S/C12H14ClF3N2O2/c13-10-7-8(1-2-9(10)12(14,15)16)18(6-4-17)5-3-11(19)20/h1-2,7H,3-6,17H2,(H,19,20). The average molecular weight is 311 g/mol. The Hall–Kier alpha value is -1.47. The molecule has 8 heteroatoms. The van der Waals surface area contributed by atoms with Crippen molar-refractivity contribution >= 4 is 23.3 Å². The van der Waals surface area contributed by atoms with Gasteiger partial charge in [0.2, 0.25) is 0 Å². The Balaban J connectivity index is 2.97. The molecule has 0 aliphatic heterocycles. The van der Waals surface area contributed by atoms with Gasteiger partial charge in [-0.25, -0.2) is 0 Å². The lowest BCUT2D eigenvalue weighted by atomic mass is 10.1. The number of anilines is 1. The molecule has 0 bridgehead atoms. The quantitative estimate of drug-likeness (QED) is 0.847. The van der Waals surface area contributed by atoms with Crippen LogP contribution in [0.25, 0.3) is 0 Å². The van der Waals surface area contributed by atoms with E-state index in [0.717, 1.165) is 6.07 Å². The number of carboxylic acid groups (broad SMARTS) is 1. The minimum Gasteiger partial charge on any atom is -0.481 e. The number of hydrogen-bond acceptors (Lipinski definition) is 3. The molecule has 0 spiro atoms. The maximum absolute atomic E-state index is 12.6.